The highest BCUT2D eigenvalue weighted by atomic mass is 32.1. The Morgan fingerprint density at radius 2 is 1.85 bits per heavy atom. The minimum absolute atomic E-state index is 0.0217. The van der Waals surface area contributed by atoms with E-state index in [9.17, 15) is 13.2 Å². The summed E-state index contributed by atoms with van der Waals surface area (Å²) in [6.07, 6.45) is 0. The molecular weight excluding hydrogens is 291 g/mol. The monoisotopic (exact) mass is 297 g/mol. The van der Waals surface area contributed by atoms with Gasteiger partial charge in [0.05, 0.1) is 5.69 Å². The Balaban J connectivity index is 2.05. The van der Waals surface area contributed by atoms with E-state index >= 15 is 0 Å². The lowest BCUT2D eigenvalue weighted by molar-refractivity contribution is 0.432. The predicted molar refractivity (Wildman–Crippen MR) is 67.3 cm³/mol. The third-order valence-electron chi connectivity index (χ3n) is 2.56. The Morgan fingerprint density at radius 3 is 2.45 bits per heavy atom. The van der Waals surface area contributed by atoms with Crippen molar-refractivity contribution in [1.29, 1.82) is 0 Å². The van der Waals surface area contributed by atoms with Crippen molar-refractivity contribution in [2.24, 2.45) is 0 Å². The zero-order valence-corrected chi connectivity index (χ0v) is 10.5. The standard InChI is InChI=1S/C12H6F3N3OS/c13-6-3-5(4-7(14)9(6)15)11-17-12(19-18-11)10-8(16)1-2-20-10/h1-4H,16H2. The molecule has 0 saturated heterocycles. The number of nitrogen functional groups attached to an aromatic ring is 1. The van der Waals surface area contributed by atoms with Crippen LogP contribution in [-0.2, 0) is 0 Å². The maximum Gasteiger partial charge on any atom is 0.270 e. The van der Waals surface area contributed by atoms with Crippen LogP contribution in [0.15, 0.2) is 28.1 Å². The molecule has 4 nitrogen and oxygen atoms in total. The molecule has 2 heterocycles. The van der Waals surface area contributed by atoms with E-state index in [0.717, 1.165) is 12.1 Å². The lowest BCUT2D eigenvalue weighted by Crippen LogP contribution is -1.92. The van der Waals surface area contributed by atoms with Crippen molar-refractivity contribution in [2.75, 3.05) is 5.73 Å². The molecule has 2 N–H and O–H groups in total. The van der Waals surface area contributed by atoms with Crippen LogP contribution in [-0.4, -0.2) is 10.1 Å². The summed E-state index contributed by atoms with van der Waals surface area (Å²) in [6.45, 7) is 0. The van der Waals surface area contributed by atoms with Gasteiger partial charge < -0.3 is 10.3 Å². The van der Waals surface area contributed by atoms with Crippen molar-refractivity contribution in [3.63, 3.8) is 0 Å². The van der Waals surface area contributed by atoms with Gasteiger partial charge in [-0.15, -0.1) is 11.3 Å². The van der Waals surface area contributed by atoms with Crippen LogP contribution in [0.4, 0.5) is 18.9 Å². The van der Waals surface area contributed by atoms with Crippen LogP contribution in [0.25, 0.3) is 22.2 Å². The molecule has 0 aliphatic heterocycles. The molecule has 2 aromatic heterocycles. The maximum absolute atomic E-state index is 13.2. The Labute approximate surface area is 114 Å². The lowest BCUT2D eigenvalue weighted by Gasteiger charge is -1.98. The van der Waals surface area contributed by atoms with E-state index in [-0.39, 0.29) is 17.3 Å². The molecule has 0 radical (unpaired) electrons. The first-order chi connectivity index (χ1) is 9.56. The third kappa shape index (κ3) is 2.03. The van der Waals surface area contributed by atoms with Gasteiger partial charge in [0.15, 0.2) is 17.5 Å². The summed E-state index contributed by atoms with van der Waals surface area (Å²) >= 11 is 1.29. The molecule has 0 aliphatic rings. The average molecular weight is 297 g/mol. The number of nitrogens with zero attached hydrogens (tertiary/aromatic N) is 2. The molecule has 1 aromatic carbocycles. The van der Waals surface area contributed by atoms with E-state index in [0.29, 0.717) is 10.6 Å². The summed E-state index contributed by atoms with van der Waals surface area (Å²) in [7, 11) is 0. The second kappa shape index (κ2) is 4.64. The van der Waals surface area contributed by atoms with Gasteiger partial charge in [-0.1, -0.05) is 5.16 Å². The van der Waals surface area contributed by atoms with E-state index in [1.165, 1.54) is 11.3 Å². The van der Waals surface area contributed by atoms with Gasteiger partial charge >= 0.3 is 0 Å². The molecule has 3 rings (SSSR count). The van der Waals surface area contributed by atoms with E-state index < -0.39 is 17.5 Å². The van der Waals surface area contributed by atoms with Crippen LogP contribution in [0.1, 0.15) is 0 Å². The highest BCUT2D eigenvalue weighted by Gasteiger charge is 2.17. The molecule has 0 fully saturated rings. The fourth-order valence-corrected chi connectivity index (χ4v) is 2.35. The van der Waals surface area contributed by atoms with E-state index in [1.54, 1.807) is 11.4 Å². The number of hydrogen-bond acceptors (Lipinski definition) is 5. The minimum atomic E-state index is -1.54. The lowest BCUT2D eigenvalue weighted by atomic mass is 10.2. The normalized spacial score (nSPS) is 10.9. The van der Waals surface area contributed by atoms with Crippen molar-refractivity contribution in [3.8, 4) is 22.2 Å². The smallest absolute Gasteiger partial charge is 0.270 e. The van der Waals surface area contributed by atoms with Crippen LogP contribution in [0, 0.1) is 17.5 Å². The molecule has 0 bridgehead atoms. The van der Waals surface area contributed by atoms with E-state index in [4.69, 9.17) is 10.3 Å². The van der Waals surface area contributed by atoms with E-state index in [2.05, 4.69) is 10.1 Å². The molecule has 0 spiro atoms. The third-order valence-corrected chi connectivity index (χ3v) is 3.48. The van der Waals surface area contributed by atoms with Gasteiger partial charge in [-0.25, -0.2) is 13.2 Å². The van der Waals surface area contributed by atoms with Crippen LogP contribution in [0.5, 0.6) is 0 Å². The summed E-state index contributed by atoms with van der Waals surface area (Å²) in [4.78, 5) is 4.55. The van der Waals surface area contributed by atoms with Crippen LogP contribution >= 0.6 is 11.3 Å². The number of halogens is 3. The van der Waals surface area contributed by atoms with Gasteiger partial charge in [-0.2, -0.15) is 4.98 Å². The van der Waals surface area contributed by atoms with Crippen molar-refractivity contribution >= 4 is 17.0 Å². The maximum atomic E-state index is 13.2. The molecule has 102 valence electrons. The topological polar surface area (TPSA) is 64.9 Å². The van der Waals surface area contributed by atoms with Crippen LogP contribution in [0.3, 0.4) is 0 Å². The van der Waals surface area contributed by atoms with Crippen molar-refractivity contribution in [1.82, 2.24) is 10.1 Å². The highest BCUT2D eigenvalue weighted by molar-refractivity contribution is 7.14. The van der Waals surface area contributed by atoms with E-state index in [1.807, 2.05) is 0 Å². The second-order valence-electron chi connectivity index (χ2n) is 3.88. The Morgan fingerprint density at radius 1 is 1.15 bits per heavy atom. The van der Waals surface area contributed by atoms with Crippen LogP contribution < -0.4 is 5.73 Å². The van der Waals surface area contributed by atoms with Gasteiger partial charge in [0, 0.05) is 5.56 Å². The van der Waals surface area contributed by atoms with Crippen molar-refractivity contribution in [3.05, 3.63) is 41.0 Å². The molecule has 0 atom stereocenters. The van der Waals surface area contributed by atoms with Gasteiger partial charge in [-0.3, -0.25) is 0 Å². The van der Waals surface area contributed by atoms with Crippen molar-refractivity contribution < 1.29 is 17.7 Å². The SMILES string of the molecule is Nc1ccsc1-c1nc(-c2cc(F)c(F)c(F)c2)no1. The largest absolute Gasteiger partial charge is 0.397 e. The van der Waals surface area contributed by atoms with Crippen LogP contribution in [0.2, 0.25) is 0 Å². The van der Waals surface area contributed by atoms with Gasteiger partial charge in [-0.05, 0) is 23.6 Å². The predicted octanol–water partition coefficient (Wildman–Crippen LogP) is 3.46. The molecule has 8 heteroatoms. The molecule has 20 heavy (non-hydrogen) atoms. The summed E-state index contributed by atoms with van der Waals surface area (Å²) in [5, 5.41) is 5.35. The Hall–Kier alpha value is -2.35. The average Bonchev–Trinajstić information content (AvgIpc) is 3.03. The number of nitrogens with two attached hydrogens (primary N) is 1. The number of rotatable bonds is 2. The summed E-state index contributed by atoms with van der Waals surface area (Å²) in [5.41, 5.74) is 6.14. The first-order valence-corrected chi connectivity index (χ1v) is 6.26. The van der Waals surface area contributed by atoms with Gasteiger partial charge in [0.25, 0.3) is 5.89 Å². The molecule has 0 amide bonds. The first-order valence-electron chi connectivity index (χ1n) is 5.38. The zero-order chi connectivity index (χ0) is 14.3. The molecular formula is C12H6F3N3OS. The van der Waals surface area contributed by atoms with Gasteiger partial charge in [0.2, 0.25) is 5.82 Å². The number of anilines is 1. The fraction of sp³-hybridized carbons (Fsp3) is 0. The summed E-state index contributed by atoms with van der Waals surface area (Å²) in [6, 6.07) is 3.26. The van der Waals surface area contributed by atoms with Gasteiger partial charge in [0.1, 0.15) is 4.88 Å². The first kappa shape index (κ1) is 12.7. The number of aromatic nitrogens is 2. The number of thiophene rings is 1. The summed E-state index contributed by atoms with van der Waals surface area (Å²) < 4.78 is 44.2. The zero-order valence-electron chi connectivity index (χ0n) is 9.73. The quantitative estimate of drug-likeness (QED) is 0.736. The Bertz CT molecular complexity index is 761. The molecule has 0 aliphatic carbocycles. The Kier molecular flexibility index (Phi) is 2.94. The molecule has 0 unspecified atom stereocenters. The fourth-order valence-electron chi connectivity index (χ4n) is 1.61. The second-order valence-corrected chi connectivity index (χ2v) is 4.80. The van der Waals surface area contributed by atoms with Crippen molar-refractivity contribution in [2.45, 2.75) is 0 Å². The highest BCUT2D eigenvalue weighted by Crippen LogP contribution is 2.31. The molecule has 0 saturated carbocycles. The number of hydrogen-bond donors (Lipinski definition) is 1. The number of benzene rings is 1. The molecule has 3 aromatic rings. The minimum Gasteiger partial charge on any atom is -0.397 e. The summed E-state index contributed by atoms with van der Waals surface area (Å²) in [5.74, 6) is -4.09.